The van der Waals surface area contributed by atoms with Gasteiger partial charge >= 0.3 is 0 Å². The Morgan fingerprint density at radius 3 is 2.60 bits per heavy atom. The molecule has 8 heteroatoms. The van der Waals surface area contributed by atoms with Crippen molar-refractivity contribution in [3.8, 4) is 5.69 Å². The summed E-state index contributed by atoms with van der Waals surface area (Å²) in [7, 11) is 0. The van der Waals surface area contributed by atoms with Crippen LogP contribution in [-0.4, -0.2) is 20.7 Å². The number of rotatable bonds is 4. The van der Waals surface area contributed by atoms with Crippen molar-refractivity contribution in [3.63, 3.8) is 0 Å². The SMILES string of the molecule is Cc1ccc(C(=O)NCc2n[nH]c(=S)n2-c2ccc(Cl)c(Cl)c2)cc1. The minimum atomic E-state index is -0.186. The van der Waals surface area contributed by atoms with E-state index in [2.05, 4.69) is 15.5 Å². The number of carbonyl (C=O) groups excluding carboxylic acids is 1. The fraction of sp³-hybridized carbons (Fsp3) is 0.118. The number of benzene rings is 2. The molecule has 0 radical (unpaired) electrons. The third-order valence-corrected chi connectivity index (χ3v) is 4.64. The molecular formula is C17H14Cl2N4OS. The van der Waals surface area contributed by atoms with Crippen LogP contribution >= 0.6 is 35.4 Å². The number of hydrogen-bond acceptors (Lipinski definition) is 3. The van der Waals surface area contributed by atoms with E-state index in [4.69, 9.17) is 35.4 Å². The van der Waals surface area contributed by atoms with Crippen LogP contribution < -0.4 is 5.32 Å². The second-order valence-corrected chi connectivity index (χ2v) is 6.63. The van der Waals surface area contributed by atoms with Crippen LogP contribution in [0.1, 0.15) is 21.7 Å². The number of hydrogen-bond donors (Lipinski definition) is 2. The van der Waals surface area contributed by atoms with Crippen molar-refractivity contribution in [2.75, 3.05) is 0 Å². The summed E-state index contributed by atoms with van der Waals surface area (Å²) in [6.07, 6.45) is 0. The number of H-pyrrole nitrogens is 1. The number of amides is 1. The molecule has 128 valence electrons. The molecule has 2 aromatic carbocycles. The average molecular weight is 393 g/mol. The van der Waals surface area contributed by atoms with Gasteiger partial charge in [0.05, 0.1) is 22.3 Å². The molecular weight excluding hydrogens is 379 g/mol. The molecule has 0 unspecified atom stereocenters. The van der Waals surface area contributed by atoms with Crippen molar-refractivity contribution in [1.29, 1.82) is 0 Å². The zero-order chi connectivity index (χ0) is 18.0. The molecule has 3 aromatic rings. The van der Waals surface area contributed by atoms with Crippen molar-refractivity contribution in [3.05, 3.63) is 74.2 Å². The quantitative estimate of drug-likeness (QED) is 0.643. The van der Waals surface area contributed by atoms with E-state index in [1.165, 1.54) is 0 Å². The summed E-state index contributed by atoms with van der Waals surface area (Å²) in [5, 5.41) is 10.6. The predicted octanol–water partition coefficient (Wildman–Crippen LogP) is 4.48. The van der Waals surface area contributed by atoms with Crippen LogP contribution in [0.2, 0.25) is 10.0 Å². The highest BCUT2D eigenvalue weighted by molar-refractivity contribution is 7.71. The molecule has 5 nitrogen and oxygen atoms in total. The Bertz CT molecular complexity index is 979. The molecule has 25 heavy (non-hydrogen) atoms. The number of carbonyl (C=O) groups is 1. The largest absolute Gasteiger partial charge is 0.345 e. The molecule has 0 aliphatic rings. The van der Waals surface area contributed by atoms with Gasteiger partial charge in [-0.25, -0.2) is 0 Å². The van der Waals surface area contributed by atoms with Crippen LogP contribution in [0.4, 0.5) is 0 Å². The third-order valence-electron chi connectivity index (χ3n) is 3.62. The van der Waals surface area contributed by atoms with Gasteiger partial charge in [0.2, 0.25) is 0 Å². The number of aromatic amines is 1. The van der Waals surface area contributed by atoms with Gasteiger partial charge in [0, 0.05) is 5.56 Å². The Morgan fingerprint density at radius 2 is 1.92 bits per heavy atom. The third kappa shape index (κ3) is 3.92. The molecule has 0 aliphatic carbocycles. The van der Waals surface area contributed by atoms with Gasteiger partial charge in [-0.3, -0.25) is 14.5 Å². The first-order valence-electron chi connectivity index (χ1n) is 7.42. The molecule has 1 heterocycles. The zero-order valence-electron chi connectivity index (χ0n) is 13.2. The van der Waals surface area contributed by atoms with Crippen LogP contribution in [0.15, 0.2) is 42.5 Å². The highest BCUT2D eigenvalue weighted by Crippen LogP contribution is 2.25. The van der Waals surface area contributed by atoms with Gasteiger partial charge in [-0.05, 0) is 49.5 Å². The maximum absolute atomic E-state index is 12.3. The summed E-state index contributed by atoms with van der Waals surface area (Å²) in [6, 6.07) is 12.5. The maximum atomic E-state index is 12.3. The van der Waals surface area contributed by atoms with Gasteiger partial charge in [0.15, 0.2) is 10.6 Å². The zero-order valence-corrected chi connectivity index (χ0v) is 15.5. The summed E-state index contributed by atoms with van der Waals surface area (Å²) in [4.78, 5) is 12.3. The molecule has 2 N–H and O–H groups in total. The minimum absolute atomic E-state index is 0.186. The van der Waals surface area contributed by atoms with E-state index >= 15 is 0 Å². The lowest BCUT2D eigenvalue weighted by atomic mass is 10.1. The molecule has 0 aliphatic heterocycles. The van der Waals surface area contributed by atoms with Crippen LogP contribution in [0, 0.1) is 11.7 Å². The number of aryl methyl sites for hydroxylation is 1. The fourth-order valence-corrected chi connectivity index (χ4v) is 2.85. The predicted molar refractivity (Wildman–Crippen MR) is 101 cm³/mol. The lowest BCUT2D eigenvalue weighted by Crippen LogP contribution is -2.24. The Kier molecular flexibility index (Phi) is 5.22. The highest BCUT2D eigenvalue weighted by atomic mass is 35.5. The van der Waals surface area contributed by atoms with Gasteiger partial charge in [0.1, 0.15) is 0 Å². The van der Waals surface area contributed by atoms with Crippen LogP contribution in [0.25, 0.3) is 5.69 Å². The smallest absolute Gasteiger partial charge is 0.251 e. The first-order valence-corrected chi connectivity index (χ1v) is 8.58. The van der Waals surface area contributed by atoms with Gasteiger partial charge in [-0.15, -0.1) is 0 Å². The molecule has 0 bridgehead atoms. The van der Waals surface area contributed by atoms with E-state index in [-0.39, 0.29) is 12.5 Å². The summed E-state index contributed by atoms with van der Waals surface area (Å²) >= 11 is 17.3. The summed E-state index contributed by atoms with van der Waals surface area (Å²) in [5.41, 5.74) is 2.39. The van der Waals surface area contributed by atoms with Crippen molar-refractivity contribution in [2.24, 2.45) is 0 Å². The highest BCUT2D eigenvalue weighted by Gasteiger charge is 2.12. The number of aromatic nitrogens is 3. The van der Waals surface area contributed by atoms with Crippen molar-refractivity contribution < 1.29 is 4.79 Å². The Morgan fingerprint density at radius 1 is 1.20 bits per heavy atom. The molecule has 0 spiro atoms. The van der Waals surface area contributed by atoms with Crippen LogP contribution in [0.3, 0.4) is 0 Å². The van der Waals surface area contributed by atoms with Crippen LogP contribution in [0.5, 0.6) is 0 Å². The lowest BCUT2D eigenvalue weighted by Gasteiger charge is -2.09. The van der Waals surface area contributed by atoms with Gasteiger partial charge in [-0.2, -0.15) is 5.10 Å². The van der Waals surface area contributed by atoms with Gasteiger partial charge in [0.25, 0.3) is 5.91 Å². The number of nitrogens with zero attached hydrogens (tertiary/aromatic N) is 2. The lowest BCUT2D eigenvalue weighted by molar-refractivity contribution is 0.0949. The Labute approximate surface area is 159 Å². The number of halogens is 2. The van der Waals surface area contributed by atoms with E-state index in [1.807, 2.05) is 19.1 Å². The molecule has 0 fully saturated rings. The molecule has 0 saturated carbocycles. The van der Waals surface area contributed by atoms with Crippen molar-refractivity contribution in [1.82, 2.24) is 20.1 Å². The second kappa shape index (κ2) is 7.39. The minimum Gasteiger partial charge on any atom is -0.345 e. The molecule has 0 atom stereocenters. The van der Waals surface area contributed by atoms with E-state index in [0.717, 1.165) is 5.56 Å². The van der Waals surface area contributed by atoms with E-state index in [9.17, 15) is 4.79 Å². The monoisotopic (exact) mass is 392 g/mol. The maximum Gasteiger partial charge on any atom is 0.251 e. The molecule has 1 amide bonds. The Balaban J connectivity index is 1.82. The summed E-state index contributed by atoms with van der Waals surface area (Å²) in [6.45, 7) is 2.18. The van der Waals surface area contributed by atoms with Gasteiger partial charge < -0.3 is 5.32 Å². The van der Waals surface area contributed by atoms with Crippen molar-refractivity contribution in [2.45, 2.75) is 13.5 Å². The standard InChI is InChI=1S/C17H14Cl2N4OS/c1-10-2-4-11(5-3-10)16(24)20-9-15-21-22-17(25)23(15)12-6-7-13(18)14(19)8-12/h2-8H,9H2,1H3,(H,20,24)(H,22,25). The normalized spacial score (nSPS) is 10.7. The molecule has 0 saturated heterocycles. The second-order valence-electron chi connectivity index (χ2n) is 5.43. The van der Waals surface area contributed by atoms with Gasteiger partial charge in [-0.1, -0.05) is 40.9 Å². The van der Waals surface area contributed by atoms with E-state index < -0.39 is 0 Å². The first-order chi connectivity index (χ1) is 12.0. The van der Waals surface area contributed by atoms with E-state index in [1.54, 1.807) is 34.9 Å². The summed E-state index contributed by atoms with van der Waals surface area (Å²) in [5.74, 6) is 0.374. The summed E-state index contributed by atoms with van der Waals surface area (Å²) < 4.78 is 2.10. The van der Waals surface area contributed by atoms with Crippen LogP contribution in [-0.2, 0) is 6.54 Å². The molecule has 1 aromatic heterocycles. The number of nitrogens with one attached hydrogen (secondary N) is 2. The topological polar surface area (TPSA) is 62.7 Å². The average Bonchev–Trinajstić information content (AvgIpc) is 2.96. The van der Waals surface area contributed by atoms with Crippen molar-refractivity contribution >= 4 is 41.3 Å². The fourth-order valence-electron chi connectivity index (χ4n) is 2.30. The first kappa shape index (κ1) is 17.7. The van der Waals surface area contributed by atoms with E-state index in [0.29, 0.717) is 31.9 Å². The molecule has 3 rings (SSSR count). The Hall–Kier alpha value is -2.15.